The molecule has 0 aliphatic carbocycles. The first kappa shape index (κ1) is 20.4. The molecule has 0 saturated carbocycles. The number of nitrogens with one attached hydrogen (secondary N) is 1. The summed E-state index contributed by atoms with van der Waals surface area (Å²) in [6, 6.07) is 9.31. The molecule has 0 aliphatic rings. The van der Waals surface area contributed by atoms with Gasteiger partial charge in [-0.3, -0.25) is 0 Å². The quantitative estimate of drug-likeness (QED) is 0.371. The normalized spacial score (nSPS) is 11.8. The van der Waals surface area contributed by atoms with Crippen LogP contribution in [0.1, 0.15) is 27.2 Å². The van der Waals surface area contributed by atoms with Crippen LogP contribution in [0.25, 0.3) is 0 Å². The van der Waals surface area contributed by atoms with Crippen molar-refractivity contribution >= 4 is 20.5 Å². The Bertz CT molecular complexity index is 482. The molecule has 1 rings (SSSR count). The number of amides is 2. The summed E-state index contributed by atoms with van der Waals surface area (Å²) in [5, 5.41) is 10.2. The zero-order valence-corrected chi connectivity index (χ0v) is 15.7. The lowest BCUT2D eigenvalue weighted by molar-refractivity contribution is 0.0708. The second-order valence-electron chi connectivity index (χ2n) is 4.85. The fourth-order valence-electron chi connectivity index (χ4n) is 2.13. The Kier molecular flexibility index (Phi) is 10.1. The lowest BCUT2D eigenvalue weighted by Gasteiger charge is -2.28. The van der Waals surface area contributed by atoms with Crippen LogP contribution >= 0.6 is 0 Å². The summed E-state index contributed by atoms with van der Waals surface area (Å²) in [5.74, 6) is 0. The molecule has 0 atom stereocenters. The van der Waals surface area contributed by atoms with E-state index in [9.17, 15) is 4.79 Å². The molecule has 1 N–H and O–H groups in total. The molecule has 0 aliphatic heterocycles. The van der Waals surface area contributed by atoms with E-state index in [1.165, 1.54) is 0 Å². The first-order chi connectivity index (χ1) is 11.7. The van der Waals surface area contributed by atoms with Gasteiger partial charge in [-0.2, -0.15) is 0 Å². The first-order valence-corrected chi connectivity index (χ1v) is 10.3. The van der Waals surface area contributed by atoms with E-state index in [1.54, 1.807) is 12.1 Å². The van der Waals surface area contributed by atoms with E-state index in [-0.39, 0.29) is 0 Å². The number of hydrogen-bond donors (Lipinski definition) is 1. The molecule has 134 valence electrons. The van der Waals surface area contributed by atoms with Gasteiger partial charge in [-0.25, -0.2) is 4.79 Å². The Hall–Kier alpha value is -1.61. The van der Waals surface area contributed by atoms with Gasteiger partial charge in [0, 0.05) is 32.4 Å². The summed E-state index contributed by atoms with van der Waals surface area (Å²) in [6.45, 7) is 7.87. The number of carbonyl (C=O) groups is 1. The van der Waals surface area contributed by atoms with Crippen molar-refractivity contribution in [2.45, 2.75) is 33.2 Å². The topological polar surface area (TPSA) is 81.5 Å². The molecule has 0 bridgehead atoms. The third-order valence-corrected chi connectivity index (χ3v) is 6.19. The van der Waals surface area contributed by atoms with Gasteiger partial charge in [0.25, 0.3) is 0 Å². The predicted octanol–water partition coefficient (Wildman–Crippen LogP) is 3.92. The number of benzene rings is 1. The molecule has 0 spiro atoms. The van der Waals surface area contributed by atoms with Gasteiger partial charge in [0.05, 0.1) is 5.69 Å². The van der Waals surface area contributed by atoms with Crippen LogP contribution in [0.3, 0.4) is 0 Å². The van der Waals surface area contributed by atoms with Gasteiger partial charge in [0.1, 0.15) is 0 Å². The van der Waals surface area contributed by atoms with Crippen molar-refractivity contribution in [1.29, 1.82) is 0 Å². The maximum Gasteiger partial charge on any atom is 0.500 e. The summed E-state index contributed by atoms with van der Waals surface area (Å²) in [6.07, 6.45) is 0.693. The average Bonchev–Trinajstić information content (AvgIpc) is 2.59. The second kappa shape index (κ2) is 11.9. The number of carbonyl (C=O) groups excluding carboxylic acids is 1. The summed E-state index contributed by atoms with van der Waals surface area (Å²) in [4.78, 5) is 11.7. The van der Waals surface area contributed by atoms with Gasteiger partial charge >= 0.3 is 14.8 Å². The van der Waals surface area contributed by atoms with Crippen molar-refractivity contribution in [1.82, 2.24) is 5.32 Å². The van der Waals surface area contributed by atoms with Crippen LogP contribution < -0.4 is 5.32 Å². The highest BCUT2D eigenvalue weighted by atomic mass is 28.4. The van der Waals surface area contributed by atoms with E-state index in [0.29, 0.717) is 44.5 Å². The highest BCUT2D eigenvalue weighted by Gasteiger charge is 2.39. The molecule has 8 heteroatoms. The lowest BCUT2D eigenvalue weighted by Crippen LogP contribution is -2.46. The third-order valence-electron chi connectivity index (χ3n) is 3.04. The summed E-state index contributed by atoms with van der Waals surface area (Å²) < 4.78 is 17.3. The van der Waals surface area contributed by atoms with Gasteiger partial charge in [0.15, 0.2) is 0 Å². The SMILES string of the molecule is CCO[Si](CCCNC(=O)N=Nc1ccccc1)(OCC)OCC. The smallest absolute Gasteiger partial charge is 0.374 e. The number of nitrogens with zero attached hydrogens (tertiary/aromatic N) is 2. The minimum absolute atomic E-state index is 0.463. The van der Waals surface area contributed by atoms with Crippen molar-refractivity contribution in [2.75, 3.05) is 26.4 Å². The monoisotopic (exact) mass is 353 g/mol. The molecule has 2 amide bonds. The van der Waals surface area contributed by atoms with Gasteiger partial charge in [-0.15, -0.1) is 5.11 Å². The average molecular weight is 353 g/mol. The molecule has 0 heterocycles. The predicted molar refractivity (Wildman–Crippen MR) is 94.4 cm³/mol. The van der Waals surface area contributed by atoms with Crippen molar-refractivity contribution in [3.63, 3.8) is 0 Å². The van der Waals surface area contributed by atoms with Crippen LogP contribution in [0.5, 0.6) is 0 Å². The number of urea groups is 1. The van der Waals surface area contributed by atoms with Crippen LogP contribution in [0.2, 0.25) is 6.04 Å². The highest BCUT2D eigenvalue weighted by molar-refractivity contribution is 6.60. The van der Waals surface area contributed by atoms with E-state index >= 15 is 0 Å². The maximum atomic E-state index is 11.7. The van der Waals surface area contributed by atoms with E-state index in [0.717, 1.165) is 0 Å². The van der Waals surface area contributed by atoms with Gasteiger partial charge in [-0.1, -0.05) is 23.3 Å². The number of hydrogen-bond acceptors (Lipinski definition) is 5. The Morgan fingerprint density at radius 1 is 1.04 bits per heavy atom. The zero-order valence-electron chi connectivity index (χ0n) is 14.7. The van der Waals surface area contributed by atoms with Crippen LogP contribution in [0.15, 0.2) is 40.6 Å². The molecule has 0 aromatic heterocycles. The van der Waals surface area contributed by atoms with Crippen molar-refractivity contribution in [3.8, 4) is 0 Å². The fourth-order valence-corrected chi connectivity index (χ4v) is 4.75. The van der Waals surface area contributed by atoms with Crippen molar-refractivity contribution in [2.24, 2.45) is 10.2 Å². The standard InChI is InChI=1S/C16H27N3O4Si/c1-4-21-24(22-5-2,23-6-3)14-10-13-17-16(20)19-18-15-11-8-7-9-12-15/h7-9,11-12H,4-6,10,13-14H2,1-3H3,(H,17,20). The van der Waals surface area contributed by atoms with Gasteiger partial charge < -0.3 is 18.6 Å². The molecule has 1 aromatic carbocycles. The summed E-state index contributed by atoms with van der Waals surface area (Å²) in [5.41, 5.74) is 0.642. The van der Waals surface area contributed by atoms with E-state index in [4.69, 9.17) is 13.3 Å². The van der Waals surface area contributed by atoms with Gasteiger partial charge in [-0.05, 0) is 39.3 Å². The molecule has 1 aromatic rings. The molecule has 0 radical (unpaired) electrons. The summed E-state index contributed by atoms with van der Waals surface area (Å²) in [7, 11) is -2.64. The first-order valence-electron chi connectivity index (χ1n) is 8.32. The third kappa shape index (κ3) is 7.78. The highest BCUT2D eigenvalue weighted by Crippen LogP contribution is 2.17. The number of azo groups is 1. The zero-order chi connectivity index (χ0) is 17.7. The molecule has 0 fully saturated rings. The van der Waals surface area contributed by atoms with Crippen LogP contribution in [-0.4, -0.2) is 41.2 Å². The Morgan fingerprint density at radius 3 is 2.17 bits per heavy atom. The molecule has 0 saturated heterocycles. The molecule has 7 nitrogen and oxygen atoms in total. The van der Waals surface area contributed by atoms with Crippen LogP contribution in [-0.2, 0) is 13.3 Å². The Morgan fingerprint density at radius 2 is 1.62 bits per heavy atom. The van der Waals surface area contributed by atoms with Crippen LogP contribution in [0.4, 0.5) is 10.5 Å². The molecular formula is C16H27N3O4Si. The van der Waals surface area contributed by atoms with E-state index in [2.05, 4.69) is 15.5 Å². The molecular weight excluding hydrogens is 326 g/mol. The Labute approximate surface area is 144 Å². The van der Waals surface area contributed by atoms with E-state index < -0.39 is 14.8 Å². The second-order valence-corrected chi connectivity index (χ2v) is 7.59. The maximum absolute atomic E-state index is 11.7. The fraction of sp³-hybridized carbons (Fsp3) is 0.562. The number of rotatable bonds is 11. The van der Waals surface area contributed by atoms with Crippen LogP contribution in [0, 0.1) is 0 Å². The Balaban J connectivity index is 2.38. The largest absolute Gasteiger partial charge is 0.500 e. The van der Waals surface area contributed by atoms with Crippen molar-refractivity contribution in [3.05, 3.63) is 30.3 Å². The van der Waals surface area contributed by atoms with E-state index in [1.807, 2.05) is 39.0 Å². The minimum atomic E-state index is -2.64. The van der Waals surface area contributed by atoms with Gasteiger partial charge in [0.2, 0.25) is 0 Å². The minimum Gasteiger partial charge on any atom is -0.374 e. The summed E-state index contributed by atoms with van der Waals surface area (Å²) >= 11 is 0. The molecule has 24 heavy (non-hydrogen) atoms. The lowest BCUT2D eigenvalue weighted by atomic mass is 10.3. The van der Waals surface area contributed by atoms with Crippen molar-refractivity contribution < 1.29 is 18.1 Å². The molecule has 0 unspecified atom stereocenters.